The highest BCUT2D eigenvalue weighted by atomic mass is 16.4. The highest BCUT2D eigenvalue weighted by Crippen LogP contribution is 2.25. The fraction of sp³-hybridized carbons (Fsp3) is 0.875. The molecule has 0 aromatic carbocycles. The summed E-state index contributed by atoms with van der Waals surface area (Å²) in [6.45, 7) is 2.64. The first-order chi connectivity index (χ1) is 10.1. The van der Waals surface area contributed by atoms with Gasteiger partial charge in [-0.25, -0.2) is 0 Å². The van der Waals surface area contributed by atoms with Gasteiger partial charge in [0.05, 0.1) is 0 Å². The first-order valence-corrected chi connectivity index (χ1v) is 8.29. The van der Waals surface area contributed by atoms with E-state index in [1.54, 1.807) is 4.90 Å². The van der Waals surface area contributed by atoms with Crippen LogP contribution in [0.15, 0.2) is 0 Å². The Morgan fingerprint density at radius 1 is 1.24 bits per heavy atom. The van der Waals surface area contributed by atoms with Crippen molar-refractivity contribution in [3.05, 3.63) is 0 Å². The Kier molecular flexibility index (Phi) is 8.35. The third kappa shape index (κ3) is 6.46. The summed E-state index contributed by atoms with van der Waals surface area (Å²) in [6, 6.07) is 0.132. The molecule has 1 aliphatic carbocycles. The van der Waals surface area contributed by atoms with Gasteiger partial charge in [-0.2, -0.15) is 0 Å². The maximum Gasteiger partial charge on any atom is 0.323 e. The number of aliphatic carboxylic acids is 1. The lowest BCUT2D eigenvalue weighted by Gasteiger charge is -2.28. The van der Waals surface area contributed by atoms with Crippen LogP contribution in [0.2, 0.25) is 0 Å². The number of amides is 1. The molecule has 5 heteroatoms. The Morgan fingerprint density at radius 2 is 1.90 bits per heavy atom. The molecule has 1 saturated carbocycles. The summed E-state index contributed by atoms with van der Waals surface area (Å²) in [4.78, 5) is 25.0. The molecule has 1 atom stereocenters. The molecule has 0 heterocycles. The average Bonchev–Trinajstić information content (AvgIpc) is 2.96. The van der Waals surface area contributed by atoms with Crippen molar-refractivity contribution >= 4 is 11.9 Å². The summed E-state index contributed by atoms with van der Waals surface area (Å²) in [5.41, 5.74) is 5.62. The molecule has 5 nitrogen and oxygen atoms in total. The summed E-state index contributed by atoms with van der Waals surface area (Å²) < 4.78 is 0. The topological polar surface area (TPSA) is 83.6 Å². The first-order valence-electron chi connectivity index (χ1n) is 8.29. The molecule has 3 N–H and O–H groups in total. The van der Waals surface area contributed by atoms with Crippen molar-refractivity contribution in [2.75, 3.05) is 13.1 Å². The molecule has 0 spiro atoms. The van der Waals surface area contributed by atoms with Crippen molar-refractivity contribution in [3.63, 3.8) is 0 Å². The number of nitrogens with zero attached hydrogens (tertiary/aromatic N) is 1. The van der Waals surface area contributed by atoms with Crippen LogP contribution < -0.4 is 5.73 Å². The van der Waals surface area contributed by atoms with E-state index in [0.717, 1.165) is 51.4 Å². The molecule has 1 fully saturated rings. The fourth-order valence-corrected chi connectivity index (χ4v) is 3.33. The van der Waals surface area contributed by atoms with Gasteiger partial charge in [0.1, 0.15) is 6.54 Å². The SMILES string of the molecule is CCCC(CCN)CCC(=O)N(CC(=O)O)C1CCCC1. The molecular formula is C16H30N2O3. The highest BCUT2D eigenvalue weighted by Gasteiger charge is 2.28. The van der Waals surface area contributed by atoms with Gasteiger partial charge in [-0.05, 0) is 38.1 Å². The largest absolute Gasteiger partial charge is 0.480 e. The Balaban J connectivity index is 2.52. The van der Waals surface area contributed by atoms with E-state index in [1.165, 1.54) is 0 Å². The zero-order valence-electron chi connectivity index (χ0n) is 13.2. The predicted octanol–water partition coefficient (Wildman–Crippen LogP) is 2.39. The molecule has 1 amide bonds. The molecule has 0 saturated heterocycles. The van der Waals surface area contributed by atoms with Crippen LogP contribution in [-0.2, 0) is 9.59 Å². The van der Waals surface area contributed by atoms with Crippen LogP contribution in [0.5, 0.6) is 0 Å². The van der Waals surface area contributed by atoms with Crippen LogP contribution in [0.1, 0.15) is 64.7 Å². The lowest BCUT2D eigenvalue weighted by molar-refractivity contribution is -0.146. The summed E-state index contributed by atoms with van der Waals surface area (Å²) in [5.74, 6) is -0.427. The summed E-state index contributed by atoms with van der Waals surface area (Å²) in [6.07, 6.45) is 8.50. The molecule has 21 heavy (non-hydrogen) atoms. The molecule has 0 aliphatic heterocycles. The van der Waals surface area contributed by atoms with Crippen LogP contribution >= 0.6 is 0 Å². The van der Waals surface area contributed by atoms with Crippen molar-refractivity contribution in [2.45, 2.75) is 70.8 Å². The average molecular weight is 298 g/mol. The van der Waals surface area contributed by atoms with Crippen molar-refractivity contribution in [2.24, 2.45) is 11.7 Å². The monoisotopic (exact) mass is 298 g/mol. The number of hydrogen-bond donors (Lipinski definition) is 2. The van der Waals surface area contributed by atoms with Gasteiger partial charge in [0.25, 0.3) is 0 Å². The molecule has 0 aromatic rings. The van der Waals surface area contributed by atoms with E-state index >= 15 is 0 Å². The van der Waals surface area contributed by atoms with E-state index < -0.39 is 5.97 Å². The third-order valence-electron chi connectivity index (χ3n) is 4.43. The smallest absolute Gasteiger partial charge is 0.323 e. The second kappa shape index (κ2) is 9.77. The summed E-state index contributed by atoms with van der Waals surface area (Å²) in [5, 5.41) is 9.03. The Hall–Kier alpha value is -1.10. The summed E-state index contributed by atoms with van der Waals surface area (Å²) in [7, 11) is 0. The molecular weight excluding hydrogens is 268 g/mol. The number of hydrogen-bond acceptors (Lipinski definition) is 3. The predicted molar refractivity (Wildman–Crippen MR) is 82.9 cm³/mol. The quantitative estimate of drug-likeness (QED) is 0.648. The van der Waals surface area contributed by atoms with Crippen molar-refractivity contribution in [1.82, 2.24) is 4.90 Å². The van der Waals surface area contributed by atoms with Gasteiger partial charge in [0.2, 0.25) is 5.91 Å². The van der Waals surface area contributed by atoms with Gasteiger partial charge >= 0.3 is 5.97 Å². The molecule has 1 rings (SSSR count). The second-order valence-electron chi connectivity index (χ2n) is 6.12. The van der Waals surface area contributed by atoms with Crippen molar-refractivity contribution in [3.8, 4) is 0 Å². The van der Waals surface area contributed by atoms with Gasteiger partial charge in [0.15, 0.2) is 0 Å². The van der Waals surface area contributed by atoms with Crippen LogP contribution in [0.25, 0.3) is 0 Å². The maximum absolute atomic E-state index is 12.4. The number of carboxylic acid groups (broad SMARTS) is 1. The molecule has 1 unspecified atom stereocenters. The zero-order chi connectivity index (χ0) is 15.7. The highest BCUT2D eigenvalue weighted by molar-refractivity contribution is 5.81. The number of carbonyl (C=O) groups is 2. The normalized spacial score (nSPS) is 16.9. The first kappa shape index (κ1) is 18.0. The van der Waals surface area contributed by atoms with Crippen LogP contribution in [0.4, 0.5) is 0 Å². The van der Waals surface area contributed by atoms with E-state index in [4.69, 9.17) is 10.8 Å². The van der Waals surface area contributed by atoms with Gasteiger partial charge in [-0.15, -0.1) is 0 Å². The zero-order valence-corrected chi connectivity index (χ0v) is 13.2. The maximum atomic E-state index is 12.4. The number of carboxylic acids is 1. The molecule has 122 valence electrons. The van der Waals surface area contributed by atoms with E-state index in [0.29, 0.717) is 18.9 Å². The van der Waals surface area contributed by atoms with E-state index in [2.05, 4.69) is 6.92 Å². The lowest BCUT2D eigenvalue weighted by Crippen LogP contribution is -2.42. The van der Waals surface area contributed by atoms with Gasteiger partial charge in [0, 0.05) is 12.5 Å². The van der Waals surface area contributed by atoms with E-state index in [9.17, 15) is 9.59 Å². The summed E-state index contributed by atoms with van der Waals surface area (Å²) >= 11 is 0. The molecule has 0 aromatic heterocycles. The van der Waals surface area contributed by atoms with E-state index in [-0.39, 0.29) is 18.5 Å². The third-order valence-corrected chi connectivity index (χ3v) is 4.43. The molecule has 0 radical (unpaired) electrons. The lowest BCUT2D eigenvalue weighted by atomic mass is 9.94. The Labute approximate surface area is 127 Å². The minimum atomic E-state index is -0.915. The Morgan fingerprint density at radius 3 is 2.43 bits per heavy atom. The minimum Gasteiger partial charge on any atom is -0.480 e. The van der Waals surface area contributed by atoms with Gasteiger partial charge in [-0.3, -0.25) is 9.59 Å². The van der Waals surface area contributed by atoms with Crippen molar-refractivity contribution in [1.29, 1.82) is 0 Å². The standard InChI is InChI=1S/C16H30N2O3/c1-2-5-13(10-11-17)8-9-15(19)18(12-16(20)21)14-6-3-4-7-14/h13-14H,2-12,17H2,1H3,(H,20,21). The Bertz CT molecular complexity index is 321. The van der Waals surface area contributed by atoms with Crippen LogP contribution in [0.3, 0.4) is 0 Å². The van der Waals surface area contributed by atoms with Crippen LogP contribution in [0, 0.1) is 5.92 Å². The van der Waals surface area contributed by atoms with Crippen LogP contribution in [-0.4, -0.2) is 41.0 Å². The fourth-order valence-electron chi connectivity index (χ4n) is 3.33. The number of rotatable bonds is 10. The van der Waals surface area contributed by atoms with Crippen molar-refractivity contribution < 1.29 is 14.7 Å². The van der Waals surface area contributed by atoms with E-state index in [1.807, 2.05) is 0 Å². The minimum absolute atomic E-state index is 0.00224. The molecule has 0 bridgehead atoms. The second-order valence-corrected chi connectivity index (χ2v) is 6.12. The number of carbonyl (C=O) groups excluding carboxylic acids is 1. The number of nitrogens with two attached hydrogens (primary N) is 1. The van der Waals surface area contributed by atoms with Gasteiger partial charge in [-0.1, -0.05) is 32.6 Å². The molecule has 1 aliphatic rings. The van der Waals surface area contributed by atoms with Gasteiger partial charge < -0.3 is 15.7 Å².